The van der Waals surface area contributed by atoms with E-state index in [1.54, 1.807) is 0 Å². The molecule has 0 aromatic heterocycles. The Balaban J connectivity index is 1.49. The molecular weight excluding hydrogens is 232 g/mol. The van der Waals surface area contributed by atoms with E-state index in [2.05, 4.69) is 0 Å². The van der Waals surface area contributed by atoms with Gasteiger partial charge in [0.2, 0.25) is 5.91 Å². The molecule has 18 heavy (non-hydrogen) atoms. The van der Waals surface area contributed by atoms with Gasteiger partial charge in [-0.2, -0.15) is 0 Å². The molecule has 100 valence electrons. The molecule has 1 aliphatic carbocycles. The van der Waals surface area contributed by atoms with E-state index in [0.717, 1.165) is 25.7 Å². The van der Waals surface area contributed by atoms with Crippen LogP contribution in [0.5, 0.6) is 0 Å². The normalized spacial score (nSPS) is 28.6. The molecule has 3 fully saturated rings. The Morgan fingerprint density at radius 3 is 2.00 bits per heavy atom. The minimum Gasteiger partial charge on any atom is -0.368 e. The summed E-state index contributed by atoms with van der Waals surface area (Å²) in [5, 5.41) is 0. The maximum Gasteiger partial charge on any atom is 0.251 e. The van der Waals surface area contributed by atoms with Crippen LogP contribution in [0.4, 0.5) is 0 Å². The number of rotatable bonds is 2. The van der Waals surface area contributed by atoms with Crippen molar-refractivity contribution in [1.82, 2.24) is 9.80 Å². The van der Waals surface area contributed by atoms with Gasteiger partial charge in [0, 0.05) is 38.7 Å². The molecular formula is C13H20N2O3. The summed E-state index contributed by atoms with van der Waals surface area (Å²) in [5.41, 5.74) is 0. The zero-order chi connectivity index (χ0) is 12.5. The van der Waals surface area contributed by atoms with Gasteiger partial charge in [-0.05, 0) is 25.7 Å². The van der Waals surface area contributed by atoms with E-state index in [1.165, 1.54) is 0 Å². The summed E-state index contributed by atoms with van der Waals surface area (Å²) in [4.78, 5) is 27.8. The quantitative estimate of drug-likeness (QED) is 0.707. The average molecular weight is 252 g/mol. The Kier molecular flexibility index (Phi) is 3.24. The fourth-order valence-corrected chi connectivity index (χ4v) is 2.71. The number of carbonyl (C=O) groups is 2. The third kappa shape index (κ3) is 2.36. The van der Waals surface area contributed by atoms with Crippen LogP contribution in [-0.4, -0.2) is 60.5 Å². The molecule has 0 N–H and O–H groups in total. The topological polar surface area (TPSA) is 49.9 Å². The van der Waals surface area contributed by atoms with Crippen molar-refractivity contribution in [1.29, 1.82) is 0 Å². The van der Waals surface area contributed by atoms with E-state index in [0.29, 0.717) is 38.7 Å². The van der Waals surface area contributed by atoms with Crippen LogP contribution in [-0.2, 0) is 14.3 Å². The fraction of sp³-hybridized carbons (Fsp3) is 0.846. The minimum absolute atomic E-state index is 0.117. The molecule has 5 heteroatoms. The first-order valence-electron chi connectivity index (χ1n) is 6.95. The van der Waals surface area contributed by atoms with Gasteiger partial charge < -0.3 is 14.5 Å². The Labute approximate surface area is 107 Å². The molecule has 0 radical (unpaired) electrons. The molecule has 2 amide bonds. The van der Waals surface area contributed by atoms with Crippen LogP contribution >= 0.6 is 0 Å². The number of ether oxygens (including phenoxy) is 1. The molecule has 1 unspecified atom stereocenters. The Hall–Kier alpha value is -1.10. The fourth-order valence-electron chi connectivity index (χ4n) is 2.71. The lowest BCUT2D eigenvalue weighted by Crippen LogP contribution is -2.53. The lowest BCUT2D eigenvalue weighted by Gasteiger charge is -2.35. The lowest BCUT2D eigenvalue weighted by atomic mass is 10.2. The summed E-state index contributed by atoms with van der Waals surface area (Å²) < 4.78 is 5.42. The van der Waals surface area contributed by atoms with Gasteiger partial charge in [0.05, 0.1) is 0 Å². The molecule has 3 aliphatic rings. The van der Waals surface area contributed by atoms with Gasteiger partial charge in [0.25, 0.3) is 5.91 Å². The van der Waals surface area contributed by atoms with E-state index in [-0.39, 0.29) is 17.9 Å². The van der Waals surface area contributed by atoms with Gasteiger partial charge >= 0.3 is 0 Å². The van der Waals surface area contributed by atoms with E-state index < -0.39 is 0 Å². The molecule has 0 spiro atoms. The highest BCUT2D eigenvalue weighted by Crippen LogP contribution is 2.31. The van der Waals surface area contributed by atoms with E-state index in [9.17, 15) is 9.59 Å². The molecule has 2 heterocycles. The predicted octanol–water partition coefficient (Wildman–Crippen LogP) is 0.246. The molecule has 0 aromatic rings. The molecule has 1 saturated carbocycles. The van der Waals surface area contributed by atoms with Crippen molar-refractivity contribution in [2.24, 2.45) is 5.92 Å². The Bertz CT molecular complexity index is 340. The monoisotopic (exact) mass is 252 g/mol. The molecule has 0 bridgehead atoms. The molecule has 0 aromatic carbocycles. The molecule has 2 aliphatic heterocycles. The van der Waals surface area contributed by atoms with Gasteiger partial charge in [-0.3, -0.25) is 9.59 Å². The van der Waals surface area contributed by atoms with E-state index in [1.807, 2.05) is 9.80 Å². The second-order valence-corrected chi connectivity index (χ2v) is 5.43. The summed E-state index contributed by atoms with van der Waals surface area (Å²) in [6, 6.07) is 0. The largest absolute Gasteiger partial charge is 0.368 e. The van der Waals surface area contributed by atoms with E-state index >= 15 is 0 Å². The van der Waals surface area contributed by atoms with Gasteiger partial charge in [-0.15, -0.1) is 0 Å². The molecule has 1 atom stereocenters. The summed E-state index contributed by atoms with van der Waals surface area (Å²) in [6.07, 6.45) is 3.70. The van der Waals surface area contributed by atoms with Crippen LogP contribution in [0.2, 0.25) is 0 Å². The summed E-state index contributed by atoms with van der Waals surface area (Å²) in [7, 11) is 0. The second-order valence-electron chi connectivity index (χ2n) is 5.43. The lowest BCUT2D eigenvalue weighted by molar-refractivity contribution is -0.146. The zero-order valence-corrected chi connectivity index (χ0v) is 10.6. The number of carbonyl (C=O) groups excluding carboxylic acids is 2. The molecule has 2 saturated heterocycles. The smallest absolute Gasteiger partial charge is 0.251 e. The van der Waals surface area contributed by atoms with Crippen molar-refractivity contribution < 1.29 is 14.3 Å². The van der Waals surface area contributed by atoms with Crippen LogP contribution in [0.15, 0.2) is 0 Å². The highest BCUT2D eigenvalue weighted by molar-refractivity contribution is 5.83. The molecule has 3 rings (SSSR count). The van der Waals surface area contributed by atoms with Gasteiger partial charge in [0.15, 0.2) is 0 Å². The van der Waals surface area contributed by atoms with Crippen LogP contribution in [0, 0.1) is 5.92 Å². The van der Waals surface area contributed by atoms with Gasteiger partial charge in [-0.25, -0.2) is 0 Å². The third-order valence-electron chi connectivity index (χ3n) is 4.03. The van der Waals surface area contributed by atoms with Crippen LogP contribution < -0.4 is 0 Å². The Morgan fingerprint density at radius 1 is 0.889 bits per heavy atom. The highest BCUT2D eigenvalue weighted by Gasteiger charge is 2.36. The summed E-state index contributed by atoms with van der Waals surface area (Å²) >= 11 is 0. The van der Waals surface area contributed by atoms with Gasteiger partial charge in [-0.1, -0.05) is 0 Å². The number of hydrogen-bond donors (Lipinski definition) is 0. The standard InChI is InChI=1S/C13H20N2O3/c16-12(10-3-4-10)14-5-7-15(8-6-14)13(17)11-2-1-9-18-11/h10-11H,1-9H2. The molecule has 5 nitrogen and oxygen atoms in total. The average Bonchev–Trinajstić information content (AvgIpc) is 3.12. The SMILES string of the molecule is O=C(C1CC1)N1CCN(C(=O)C2CCCO2)CC1. The number of nitrogens with zero attached hydrogens (tertiary/aromatic N) is 2. The first-order chi connectivity index (χ1) is 8.75. The van der Waals surface area contributed by atoms with E-state index in [4.69, 9.17) is 4.74 Å². The van der Waals surface area contributed by atoms with Crippen molar-refractivity contribution in [2.45, 2.75) is 31.8 Å². The first-order valence-corrected chi connectivity index (χ1v) is 6.95. The zero-order valence-electron chi connectivity index (χ0n) is 10.6. The van der Waals surface area contributed by atoms with Crippen LogP contribution in [0.25, 0.3) is 0 Å². The van der Waals surface area contributed by atoms with Gasteiger partial charge in [0.1, 0.15) is 6.10 Å². The van der Waals surface area contributed by atoms with Crippen LogP contribution in [0.3, 0.4) is 0 Å². The number of piperazine rings is 1. The predicted molar refractivity (Wildman–Crippen MR) is 64.9 cm³/mol. The van der Waals surface area contributed by atoms with Crippen molar-refractivity contribution >= 4 is 11.8 Å². The third-order valence-corrected chi connectivity index (χ3v) is 4.03. The summed E-state index contributed by atoms with van der Waals surface area (Å²) in [6.45, 7) is 3.41. The summed E-state index contributed by atoms with van der Waals surface area (Å²) in [5.74, 6) is 0.690. The van der Waals surface area contributed by atoms with Crippen molar-refractivity contribution in [2.75, 3.05) is 32.8 Å². The number of amides is 2. The maximum atomic E-state index is 12.1. The highest BCUT2D eigenvalue weighted by atomic mass is 16.5. The van der Waals surface area contributed by atoms with Crippen molar-refractivity contribution in [3.8, 4) is 0 Å². The van der Waals surface area contributed by atoms with Crippen LogP contribution in [0.1, 0.15) is 25.7 Å². The second kappa shape index (κ2) is 4.88. The van der Waals surface area contributed by atoms with Crippen molar-refractivity contribution in [3.63, 3.8) is 0 Å². The Morgan fingerprint density at radius 2 is 1.50 bits per heavy atom. The number of hydrogen-bond acceptors (Lipinski definition) is 3. The minimum atomic E-state index is -0.226. The first kappa shape index (κ1) is 12.0. The van der Waals surface area contributed by atoms with Crippen molar-refractivity contribution in [3.05, 3.63) is 0 Å². The maximum absolute atomic E-state index is 12.1.